The number of carbonyl (C=O) groups excluding carboxylic acids is 2. The number of nitrogens with two attached hydrogens (primary N) is 1. The summed E-state index contributed by atoms with van der Waals surface area (Å²) in [5.74, 6) is 0.935. The third kappa shape index (κ3) is 3.67. The SMILES string of the molecule is CC(=O)N1[C@H](C)CN(c2cc(C(N)=O)cc(C3CNc4ncc(Cl)cc43)n2)C[C@@H]1C. The van der Waals surface area contributed by atoms with Crippen molar-refractivity contribution in [3.05, 3.63) is 46.2 Å². The number of pyridine rings is 2. The van der Waals surface area contributed by atoms with Gasteiger partial charge in [0.1, 0.15) is 11.6 Å². The van der Waals surface area contributed by atoms with E-state index in [0.717, 1.165) is 17.1 Å². The number of hydrogen-bond acceptors (Lipinski definition) is 6. The number of piperazine rings is 1. The molecule has 2 aliphatic rings. The maximum Gasteiger partial charge on any atom is 0.248 e. The van der Waals surface area contributed by atoms with Crippen LogP contribution in [0.25, 0.3) is 0 Å². The maximum absolute atomic E-state index is 12.0. The van der Waals surface area contributed by atoms with Crippen molar-refractivity contribution >= 4 is 35.1 Å². The molecule has 1 saturated heterocycles. The van der Waals surface area contributed by atoms with E-state index in [0.29, 0.717) is 36.0 Å². The van der Waals surface area contributed by atoms with Crippen LogP contribution in [0.15, 0.2) is 24.4 Å². The lowest BCUT2D eigenvalue weighted by atomic mass is 9.97. The number of primary amides is 1. The van der Waals surface area contributed by atoms with Crippen molar-refractivity contribution in [1.29, 1.82) is 0 Å². The van der Waals surface area contributed by atoms with Crippen molar-refractivity contribution in [2.45, 2.75) is 38.8 Å². The largest absolute Gasteiger partial charge is 0.369 e. The molecule has 2 amide bonds. The van der Waals surface area contributed by atoms with E-state index in [-0.39, 0.29) is 23.9 Å². The summed E-state index contributed by atoms with van der Waals surface area (Å²) < 4.78 is 0. The molecular weight excluding hydrogens is 404 g/mol. The number of amides is 2. The third-order valence-electron chi connectivity index (χ3n) is 5.81. The zero-order valence-electron chi connectivity index (χ0n) is 17.2. The molecule has 4 heterocycles. The lowest BCUT2D eigenvalue weighted by Crippen LogP contribution is -2.58. The molecule has 2 aliphatic heterocycles. The van der Waals surface area contributed by atoms with Gasteiger partial charge in [-0.3, -0.25) is 9.59 Å². The lowest BCUT2D eigenvalue weighted by molar-refractivity contribution is -0.133. The third-order valence-corrected chi connectivity index (χ3v) is 6.02. The van der Waals surface area contributed by atoms with Gasteiger partial charge < -0.3 is 20.9 Å². The summed E-state index contributed by atoms with van der Waals surface area (Å²) >= 11 is 6.16. The number of aromatic nitrogens is 2. The number of halogens is 1. The van der Waals surface area contributed by atoms with Crippen LogP contribution in [0.4, 0.5) is 11.6 Å². The van der Waals surface area contributed by atoms with E-state index in [1.165, 1.54) is 0 Å². The monoisotopic (exact) mass is 428 g/mol. The Morgan fingerprint density at radius 3 is 2.53 bits per heavy atom. The Balaban J connectivity index is 1.71. The number of hydrogen-bond donors (Lipinski definition) is 2. The summed E-state index contributed by atoms with van der Waals surface area (Å²) in [6, 6.07) is 5.42. The van der Waals surface area contributed by atoms with E-state index >= 15 is 0 Å². The van der Waals surface area contributed by atoms with Gasteiger partial charge in [0, 0.05) is 61.9 Å². The van der Waals surface area contributed by atoms with E-state index in [1.807, 2.05) is 24.8 Å². The zero-order valence-corrected chi connectivity index (χ0v) is 18.0. The molecular formula is C21H25ClN6O2. The zero-order chi connectivity index (χ0) is 21.6. The minimum Gasteiger partial charge on any atom is -0.369 e. The molecule has 1 fully saturated rings. The van der Waals surface area contributed by atoms with E-state index in [2.05, 4.69) is 15.2 Å². The highest BCUT2D eigenvalue weighted by Gasteiger charge is 2.33. The van der Waals surface area contributed by atoms with Crippen LogP contribution in [0.1, 0.15) is 48.3 Å². The fourth-order valence-corrected chi connectivity index (χ4v) is 4.76. The van der Waals surface area contributed by atoms with Gasteiger partial charge in [-0.15, -0.1) is 0 Å². The minimum absolute atomic E-state index is 0.0330. The van der Waals surface area contributed by atoms with E-state index in [9.17, 15) is 9.59 Å². The molecule has 1 unspecified atom stereocenters. The molecule has 0 aliphatic carbocycles. The van der Waals surface area contributed by atoms with E-state index < -0.39 is 5.91 Å². The van der Waals surface area contributed by atoms with E-state index in [4.69, 9.17) is 22.3 Å². The number of fused-ring (bicyclic) bond motifs is 1. The van der Waals surface area contributed by atoms with Crippen LogP contribution in [0.3, 0.4) is 0 Å². The van der Waals surface area contributed by atoms with Gasteiger partial charge in [-0.2, -0.15) is 0 Å². The van der Waals surface area contributed by atoms with Crippen LogP contribution >= 0.6 is 11.6 Å². The Labute approximate surface area is 180 Å². The molecule has 3 atom stereocenters. The quantitative estimate of drug-likeness (QED) is 0.776. The number of nitrogens with one attached hydrogen (secondary N) is 1. The van der Waals surface area contributed by atoms with Crippen LogP contribution in [0, 0.1) is 0 Å². The second-order valence-electron chi connectivity index (χ2n) is 8.06. The first-order valence-corrected chi connectivity index (χ1v) is 10.4. The molecule has 2 aromatic rings. The highest BCUT2D eigenvalue weighted by atomic mass is 35.5. The molecule has 0 aromatic carbocycles. The molecule has 3 N–H and O–H groups in total. The molecule has 4 rings (SSSR count). The molecule has 0 saturated carbocycles. The molecule has 0 spiro atoms. The molecule has 9 heteroatoms. The van der Waals surface area contributed by atoms with Gasteiger partial charge in [0.05, 0.1) is 10.7 Å². The molecule has 0 radical (unpaired) electrons. The Hall–Kier alpha value is -2.87. The van der Waals surface area contributed by atoms with Crippen molar-refractivity contribution in [2.75, 3.05) is 29.9 Å². The van der Waals surface area contributed by atoms with Gasteiger partial charge in [-0.05, 0) is 32.0 Å². The maximum atomic E-state index is 12.0. The van der Waals surface area contributed by atoms with Crippen molar-refractivity contribution in [3.63, 3.8) is 0 Å². The average Bonchev–Trinajstić information content (AvgIpc) is 3.09. The Morgan fingerprint density at radius 2 is 1.90 bits per heavy atom. The highest BCUT2D eigenvalue weighted by Crippen LogP contribution is 2.36. The van der Waals surface area contributed by atoms with Crippen molar-refractivity contribution in [2.24, 2.45) is 5.73 Å². The smallest absolute Gasteiger partial charge is 0.248 e. The van der Waals surface area contributed by atoms with Crippen LogP contribution in [0.2, 0.25) is 5.02 Å². The fraction of sp³-hybridized carbons (Fsp3) is 0.429. The Morgan fingerprint density at radius 1 is 1.20 bits per heavy atom. The summed E-state index contributed by atoms with van der Waals surface area (Å²) in [6.45, 7) is 7.51. The predicted molar refractivity (Wildman–Crippen MR) is 116 cm³/mol. The first-order chi connectivity index (χ1) is 14.2. The Bertz CT molecular complexity index is 1000. The van der Waals surface area contributed by atoms with Gasteiger partial charge >= 0.3 is 0 Å². The van der Waals surface area contributed by atoms with Gasteiger partial charge in [0.25, 0.3) is 0 Å². The summed E-state index contributed by atoms with van der Waals surface area (Å²) in [5, 5.41) is 3.82. The molecule has 0 bridgehead atoms. The van der Waals surface area contributed by atoms with E-state index in [1.54, 1.807) is 25.3 Å². The highest BCUT2D eigenvalue weighted by molar-refractivity contribution is 6.30. The van der Waals surface area contributed by atoms with Crippen LogP contribution in [-0.2, 0) is 4.79 Å². The van der Waals surface area contributed by atoms with Crippen molar-refractivity contribution < 1.29 is 9.59 Å². The summed E-state index contributed by atoms with van der Waals surface area (Å²) in [5.41, 5.74) is 7.73. The lowest BCUT2D eigenvalue weighted by Gasteiger charge is -2.44. The molecule has 158 valence electrons. The predicted octanol–water partition coefficient (Wildman–Crippen LogP) is 2.23. The number of rotatable bonds is 3. The summed E-state index contributed by atoms with van der Waals surface area (Å²) in [4.78, 5) is 37.3. The summed E-state index contributed by atoms with van der Waals surface area (Å²) in [6.07, 6.45) is 1.60. The second kappa shape index (κ2) is 7.75. The van der Waals surface area contributed by atoms with Gasteiger partial charge in [-0.1, -0.05) is 11.6 Å². The van der Waals surface area contributed by atoms with Gasteiger partial charge in [0.2, 0.25) is 11.8 Å². The summed E-state index contributed by atoms with van der Waals surface area (Å²) in [7, 11) is 0. The molecule has 8 nitrogen and oxygen atoms in total. The number of carbonyl (C=O) groups is 2. The normalized spacial score (nSPS) is 23.1. The molecule has 30 heavy (non-hydrogen) atoms. The van der Waals surface area contributed by atoms with Crippen LogP contribution < -0.4 is 16.0 Å². The second-order valence-corrected chi connectivity index (χ2v) is 8.49. The van der Waals surface area contributed by atoms with Crippen molar-refractivity contribution in [1.82, 2.24) is 14.9 Å². The number of nitrogens with zero attached hydrogens (tertiary/aromatic N) is 4. The van der Waals surface area contributed by atoms with Gasteiger partial charge in [-0.25, -0.2) is 9.97 Å². The fourth-order valence-electron chi connectivity index (χ4n) is 4.59. The topological polar surface area (TPSA) is 104 Å². The standard InChI is InChI=1S/C21H25ClN6O2/c1-11-9-27(10-12(2)28(11)13(3)29)19-5-14(20(23)30)4-18(26-19)17-8-25-21-16(17)6-15(22)7-24-21/h4-7,11-12,17H,8-10H2,1-3H3,(H2,23,30)(H,24,25)/t11-,12+,17?. The van der Waals surface area contributed by atoms with Gasteiger partial charge in [0.15, 0.2) is 0 Å². The average molecular weight is 429 g/mol. The Kier molecular flexibility index (Phi) is 5.27. The van der Waals surface area contributed by atoms with Crippen molar-refractivity contribution in [3.8, 4) is 0 Å². The minimum atomic E-state index is -0.501. The number of anilines is 2. The first kappa shape index (κ1) is 20.4. The molecule has 2 aromatic heterocycles. The van der Waals surface area contributed by atoms with Crippen LogP contribution in [0.5, 0.6) is 0 Å². The first-order valence-electron chi connectivity index (χ1n) is 9.99. The van der Waals surface area contributed by atoms with Crippen LogP contribution in [-0.4, -0.2) is 58.4 Å².